The Balaban J connectivity index is 3.94. The van der Waals surface area contributed by atoms with Gasteiger partial charge in [-0.05, 0) is 20.3 Å². The van der Waals surface area contributed by atoms with Gasteiger partial charge in [0.05, 0.1) is 6.54 Å². The summed E-state index contributed by atoms with van der Waals surface area (Å²) in [6, 6.07) is 0.257. The van der Waals surface area contributed by atoms with Crippen LogP contribution in [0.25, 0.3) is 0 Å². The van der Waals surface area contributed by atoms with Crippen LogP contribution in [0, 0.1) is 0 Å². The van der Waals surface area contributed by atoms with Crippen molar-refractivity contribution in [2.75, 3.05) is 6.54 Å². The highest BCUT2D eigenvalue weighted by Gasteiger charge is 2.21. The zero-order valence-corrected chi connectivity index (χ0v) is 10.5. The predicted octanol–water partition coefficient (Wildman–Crippen LogP) is 0.744. The van der Waals surface area contributed by atoms with Gasteiger partial charge < -0.3 is 15.7 Å². The predicted molar refractivity (Wildman–Crippen MR) is 62.2 cm³/mol. The Hall–Kier alpha value is -1.10. The maximum absolute atomic E-state index is 11.5. The normalized spacial score (nSPS) is 11.6. The first-order valence-corrected chi connectivity index (χ1v) is 5.49. The Labute approximate surface area is 96.6 Å². The molecule has 0 atom stereocenters. The van der Waals surface area contributed by atoms with E-state index in [1.807, 2.05) is 27.7 Å². The highest BCUT2D eigenvalue weighted by molar-refractivity contribution is 5.78. The van der Waals surface area contributed by atoms with Crippen molar-refractivity contribution in [2.24, 2.45) is 0 Å². The van der Waals surface area contributed by atoms with Crippen molar-refractivity contribution in [1.82, 2.24) is 10.6 Å². The summed E-state index contributed by atoms with van der Waals surface area (Å²) >= 11 is 0. The van der Waals surface area contributed by atoms with Crippen molar-refractivity contribution in [1.29, 1.82) is 0 Å². The molecule has 0 aliphatic heterocycles. The van der Waals surface area contributed by atoms with E-state index in [9.17, 15) is 9.59 Å². The molecule has 16 heavy (non-hydrogen) atoms. The van der Waals surface area contributed by atoms with Crippen molar-refractivity contribution in [3.63, 3.8) is 0 Å². The SMILES string of the molecule is CC(C)NCC(=O)NC(C)(C)CCC(=O)O. The van der Waals surface area contributed by atoms with E-state index in [4.69, 9.17) is 5.11 Å². The number of aliphatic carboxylic acids is 1. The standard InChI is InChI=1S/C11H22N2O3/c1-8(2)12-7-9(14)13-11(3,4)6-5-10(15)16/h8,12H,5-7H2,1-4H3,(H,13,14)(H,15,16). The zero-order chi connectivity index (χ0) is 12.8. The molecule has 0 bridgehead atoms. The highest BCUT2D eigenvalue weighted by Crippen LogP contribution is 2.10. The molecule has 1 amide bonds. The Morgan fingerprint density at radius 3 is 2.31 bits per heavy atom. The van der Waals surface area contributed by atoms with Crippen molar-refractivity contribution in [2.45, 2.75) is 52.1 Å². The van der Waals surface area contributed by atoms with Crippen LogP contribution in [0.3, 0.4) is 0 Å². The van der Waals surface area contributed by atoms with Crippen molar-refractivity contribution in [3.05, 3.63) is 0 Å². The monoisotopic (exact) mass is 230 g/mol. The fraction of sp³-hybridized carbons (Fsp3) is 0.818. The average molecular weight is 230 g/mol. The molecule has 0 aromatic rings. The van der Waals surface area contributed by atoms with Gasteiger partial charge in [0.1, 0.15) is 0 Å². The van der Waals surface area contributed by atoms with Gasteiger partial charge in [-0.15, -0.1) is 0 Å². The molecule has 5 heteroatoms. The second-order valence-electron chi connectivity index (χ2n) is 4.86. The molecular formula is C11H22N2O3. The van der Waals surface area contributed by atoms with Crippen LogP contribution in [0.1, 0.15) is 40.5 Å². The molecule has 0 radical (unpaired) electrons. The van der Waals surface area contributed by atoms with Crippen molar-refractivity contribution < 1.29 is 14.7 Å². The maximum Gasteiger partial charge on any atom is 0.303 e. The molecule has 0 aromatic heterocycles. The first-order valence-electron chi connectivity index (χ1n) is 5.49. The first-order chi connectivity index (χ1) is 7.23. The lowest BCUT2D eigenvalue weighted by Crippen LogP contribution is -2.47. The highest BCUT2D eigenvalue weighted by atomic mass is 16.4. The molecule has 0 heterocycles. The Kier molecular flexibility index (Phi) is 6.03. The lowest BCUT2D eigenvalue weighted by Gasteiger charge is -2.26. The third kappa shape index (κ3) is 8.23. The fourth-order valence-electron chi connectivity index (χ4n) is 1.20. The van der Waals surface area contributed by atoms with E-state index >= 15 is 0 Å². The second-order valence-corrected chi connectivity index (χ2v) is 4.86. The molecule has 0 aliphatic rings. The number of hydrogen-bond donors (Lipinski definition) is 3. The molecule has 0 aliphatic carbocycles. The number of hydrogen-bond acceptors (Lipinski definition) is 3. The van der Waals surface area contributed by atoms with Crippen molar-refractivity contribution >= 4 is 11.9 Å². The smallest absolute Gasteiger partial charge is 0.303 e. The minimum absolute atomic E-state index is 0.0604. The number of carboxylic acids is 1. The molecule has 0 spiro atoms. The Bertz CT molecular complexity index is 250. The molecule has 0 aromatic carbocycles. The lowest BCUT2D eigenvalue weighted by atomic mass is 9.98. The maximum atomic E-state index is 11.5. The molecule has 0 saturated carbocycles. The van der Waals surface area contributed by atoms with E-state index in [0.717, 1.165) is 0 Å². The molecule has 94 valence electrons. The summed E-state index contributed by atoms with van der Waals surface area (Å²) in [6.45, 7) is 7.83. The van der Waals surface area contributed by atoms with Crippen LogP contribution < -0.4 is 10.6 Å². The van der Waals surface area contributed by atoms with Gasteiger partial charge in [-0.2, -0.15) is 0 Å². The Morgan fingerprint density at radius 2 is 1.88 bits per heavy atom. The van der Waals surface area contributed by atoms with Gasteiger partial charge in [0.15, 0.2) is 0 Å². The van der Waals surface area contributed by atoms with E-state index in [-0.39, 0.29) is 24.9 Å². The molecule has 5 nitrogen and oxygen atoms in total. The summed E-state index contributed by atoms with van der Waals surface area (Å²) in [5, 5.41) is 14.4. The minimum atomic E-state index is -0.845. The van der Waals surface area contributed by atoms with Gasteiger partial charge in [-0.1, -0.05) is 13.8 Å². The third-order valence-corrected chi connectivity index (χ3v) is 2.11. The van der Waals surface area contributed by atoms with Crippen LogP contribution in [-0.2, 0) is 9.59 Å². The molecule has 0 rings (SSSR count). The van der Waals surface area contributed by atoms with Crippen LogP contribution in [0.15, 0.2) is 0 Å². The number of carbonyl (C=O) groups excluding carboxylic acids is 1. The number of nitrogens with one attached hydrogen (secondary N) is 2. The number of carboxylic acid groups (broad SMARTS) is 1. The van der Waals surface area contributed by atoms with Gasteiger partial charge in [0.2, 0.25) is 5.91 Å². The van der Waals surface area contributed by atoms with E-state index in [0.29, 0.717) is 6.42 Å². The van der Waals surface area contributed by atoms with Gasteiger partial charge in [-0.3, -0.25) is 9.59 Å². The first kappa shape index (κ1) is 14.9. The summed E-state index contributed by atoms with van der Waals surface area (Å²) in [5.41, 5.74) is -0.478. The second kappa shape index (κ2) is 6.48. The van der Waals surface area contributed by atoms with Gasteiger partial charge in [0.25, 0.3) is 0 Å². The summed E-state index contributed by atoms with van der Waals surface area (Å²) in [6.07, 6.45) is 0.487. The summed E-state index contributed by atoms with van der Waals surface area (Å²) in [5.74, 6) is -0.952. The molecule has 0 fully saturated rings. The van der Waals surface area contributed by atoms with E-state index in [1.165, 1.54) is 0 Å². The van der Waals surface area contributed by atoms with Crippen LogP contribution >= 0.6 is 0 Å². The molecule has 0 saturated heterocycles. The molecule has 3 N–H and O–H groups in total. The number of amides is 1. The fourth-order valence-corrected chi connectivity index (χ4v) is 1.20. The topological polar surface area (TPSA) is 78.4 Å². The molecular weight excluding hydrogens is 208 g/mol. The summed E-state index contributed by atoms with van der Waals surface area (Å²) < 4.78 is 0. The van der Waals surface area contributed by atoms with Crippen LogP contribution in [0.4, 0.5) is 0 Å². The van der Waals surface area contributed by atoms with Crippen LogP contribution in [0.5, 0.6) is 0 Å². The average Bonchev–Trinajstić information content (AvgIpc) is 2.11. The largest absolute Gasteiger partial charge is 0.481 e. The van der Waals surface area contributed by atoms with Gasteiger partial charge in [-0.25, -0.2) is 0 Å². The van der Waals surface area contributed by atoms with Crippen LogP contribution in [-0.4, -0.2) is 35.1 Å². The van der Waals surface area contributed by atoms with E-state index < -0.39 is 11.5 Å². The summed E-state index contributed by atoms with van der Waals surface area (Å²) in [4.78, 5) is 21.9. The lowest BCUT2D eigenvalue weighted by molar-refractivity contribution is -0.137. The number of rotatable bonds is 7. The molecule has 0 unspecified atom stereocenters. The van der Waals surface area contributed by atoms with Crippen LogP contribution in [0.2, 0.25) is 0 Å². The Morgan fingerprint density at radius 1 is 1.31 bits per heavy atom. The van der Waals surface area contributed by atoms with Crippen molar-refractivity contribution in [3.8, 4) is 0 Å². The third-order valence-electron chi connectivity index (χ3n) is 2.11. The summed E-state index contributed by atoms with van der Waals surface area (Å²) in [7, 11) is 0. The van der Waals surface area contributed by atoms with Gasteiger partial charge in [0, 0.05) is 18.0 Å². The van der Waals surface area contributed by atoms with E-state index in [2.05, 4.69) is 10.6 Å². The van der Waals surface area contributed by atoms with E-state index in [1.54, 1.807) is 0 Å². The zero-order valence-electron chi connectivity index (χ0n) is 10.5. The van der Waals surface area contributed by atoms with Gasteiger partial charge >= 0.3 is 5.97 Å². The number of carbonyl (C=O) groups is 2. The quantitative estimate of drug-likeness (QED) is 0.603. The minimum Gasteiger partial charge on any atom is -0.481 e.